The van der Waals surface area contributed by atoms with Crippen molar-refractivity contribution in [2.45, 2.75) is 13.0 Å². The second kappa shape index (κ2) is 6.58. The number of benzene rings is 2. The Morgan fingerprint density at radius 3 is 2.44 bits per heavy atom. The summed E-state index contributed by atoms with van der Waals surface area (Å²) in [6.07, 6.45) is 0. The number of nitrogens with zero attached hydrogens (tertiary/aromatic N) is 2. The number of amides is 2. The number of carbonyl (C=O) groups excluding carboxylic acids is 2. The third-order valence-corrected chi connectivity index (χ3v) is 4.19. The van der Waals surface area contributed by atoms with E-state index in [4.69, 9.17) is 0 Å². The summed E-state index contributed by atoms with van der Waals surface area (Å²) >= 11 is 0. The lowest BCUT2D eigenvalue weighted by Gasteiger charge is -2.39. The summed E-state index contributed by atoms with van der Waals surface area (Å²) in [5.41, 5.74) is 0.108. The van der Waals surface area contributed by atoms with Gasteiger partial charge in [0.15, 0.2) is 0 Å². The van der Waals surface area contributed by atoms with Gasteiger partial charge in [-0.3, -0.25) is 9.59 Å². The molecule has 3 rings (SSSR count). The molecule has 0 aromatic heterocycles. The van der Waals surface area contributed by atoms with E-state index in [9.17, 15) is 22.8 Å². The second-order valence-corrected chi connectivity index (χ2v) is 5.77. The van der Waals surface area contributed by atoms with E-state index in [1.807, 2.05) is 0 Å². The molecule has 0 radical (unpaired) electrons. The molecule has 2 aromatic rings. The van der Waals surface area contributed by atoms with E-state index in [2.05, 4.69) is 0 Å². The highest BCUT2D eigenvalue weighted by Crippen LogP contribution is 2.25. The molecule has 0 unspecified atom stereocenters. The van der Waals surface area contributed by atoms with Gasteiger partial charge in [0.2, 0.25) is 5.91 Å². The third-order valence-electron chi connectivity index (χ3n) is 4.19. The summed E-state index contributed by atoms with van der Waals surface area (Å²) in [7, 11) is 0. The van der Waals surface area contributed by atoms with Crippen molar-refractivity contribution < 1.29 is 22.8 Å². The topological polar surface area (TPSA) is 40.6 Å². The van der Waals surface area contributed by atoms with Crippen molar-refractivity contribution in [3.63, 3.8) is 0 Å². The Morgan fingerprint density at radius 1 is 1.04 bits per heavy atom. The van der Waals surface area contributed by atoms with Crippen LogP contribution in [0.2, 0.25) is 0 Å². The standard InChI is InChI=1S/C18H15F3N2O2/c1-11-17(24)23(16-6-5-14(20)10-15(16)21)8-7-22(11)18(25)12-3-2-4-13(19)9-12/h2-6,9-11H,7-8H2,1H3/t11-/m1/s1. The number of anilines is 1. The zero-order valence-electron chi connectivity index (χ0n) is 13.4. The summed E-state index contributed by atoms with van der Waals surface area (Å²) in [5.74, 6) is -3.08. The highest BCUT2D eigenvalue weighted by molar-refractivity contribution is 6.03. The molecule has 1 aliphatic heterocycles. The summed E-state index contributed by atoms with van der Waals surface area (Å²) in [6.45, 7) is 1.74. The molecule has 2 amide bonds. The van der Waals surface area contributed by atoms with Crippen LogP contribution in [0.3, 0.4) is 0 Å². The van der Waals surface area contributed by atoms with Gasteiger partial charge in [-0.05, 0) is 37.3 Å². The molecule has 0 spiro atoms. The van der Waals surface area contributed by atoms with E-state index in [-0.39, 0.29) is 24.3 Å². The first-order chi connectivity index (χ1) is 11.9. The smallest absolute Gasteiger partial charge is 0.254 e. The Labute approximate surface area is 142 Å². The van der Waals surface area contributed by atoms with Gasteiger partial charge in [0.25, 0.3) is 5.91 Å². The van der Waals surface area contributed by atoms with Gasteiger partial charge in [0, 0.05) is 24.7 Å². The average Bonchev–Trinajstić information content (AvgIpc) is 2.57. The molecule has 0 saturated carbocycles. The lowest BCUT2D eigenvalue weighted by atomic mass is 10.1. The van der Waals surface area contributed by atoms with Crippen molar-refractivity contribution in [3.05, 3.63) is 65.5 Å². The van der Waals surface area contributed by atoms with Gasteiger partial charge in [-0.25, -0.2) is 13.2 Å². The number of hydrogen-bond acceptors (Lipinski definition) is 2. The zero-order valence-corrected chi connectivity index (χ0v) is 13.4. The second-order valence-electron chi connectivity index (χ2n) is 5.77. The highest BCUT2D eigenvalue weighted by Gasteiger charge is 2.36. The summed E-state index contributed by atoms with van der Waals surface area (Å²) in [4.78, 5) is 27.6. The summed E-state index contributed by atoms with van der Waals surface area (Å²) in [5, 5.41) is 0. The minimum Gasteiger partial charge on any atom is -0.325 e. The van der Waals surface area contributed by atoms with E-state index >= 15 is 0 Å². The molecule has 4 nitrogen and oxygen atoms in total. The highest BCUT2D eigenvalue weighted by atomic mass is 19.1. The number of hydrogen-bond donors (Lipinski definition) is 0. The first kappa shape index (κ1) is 17.0. The van der Waals surface area contributed by atoms with Crippen molar-refractivity contribution in [2.75, 3.05) is 18.0 Å². The van der Waals surface area contributed by atoms with Crippen LogP contribution in [-0.4, -0.2) is 35.8 Å². The van der Waals surface area contributed by atoms with Gasteiger partial charge in [-0.15, -0.1) is 0 Å². The predicted molar refractivity (Wildman–Crippen MR) is 85.6 cm³/mol. The van der Waals surface area contributed by atoms with E-state index < -0.39 is 35.3 Å². The number of piperazine rings is 1. The molecule has 1 atom stereocenters. The Balaban J connectivity index is 1.83. The largest absolute Gasteiger partial charge is 0.325 e. The molecular formula is C18H15F3N2O2. The van der Waals surface area contributed by atoms with Crippen LogP contribution >= 0.6 is 0 Å². The normalized spacial score (nSPS) is 17.8. The average molecular weight is 348 g/mol. The van der Waals surface area contributed by atoms with Gasteiger partial charge in [-0.1, -0.05) is 6.07 Å². The fourth-order valence-corrected chi connectivity index (χ4v) is 2.87. The minimum atomic E-state index is -0.853. The maximum absolute atomic E-state index is 13.9. The predicted octanol–water partition coefficient (Wildman–Crippen LogP) is 2.98. The van der Waals surface area contributed by atoms with Crippen molar-refractivity contribution >= 4 is 17.5 Å². The van der Waals surface area contributed by atoms with Gasteiger partial charge >= 0.3 is 0 Å². The SMILES string of the molecule is C[C@@H]1C(=O)N(c2ccc(F)cc2F)CCN1C(=O)c1cccc(F)c1. The van der Waals surface area contributed by atoms with Crippen LogP contribution in [0.1, 0.15) is 17.3 Å². The molecule has 0 bridgehead atoms. The fourth-order valence-electron chi connectivity index (χ4n) is 2.87. The van der Waals surface area contributed by atoms with Crippen LogP contribution in [0.15, 0.2) is 42.5 Å². The Kier molecular flexibility index (Phi) is 4.48. The van der Waals surface area contributed by atoms with Crippen LogP contribution in [0.4, 0.5) is 18.9 Å². The zero-order chi connectivity index (χ0) is 18.1. The molecule has 0 N–H and O–H groups in total. The Hall–Kier alpha value is -2.83. The molecule has 1 heterocycles. The van der Waals surface area contributed by atoms with Gasteiger partial charge < -0.3 is 9.80 Å². The number of rotatable bonds is 2. The quantitative estimate of drug-likeness (QED) is 0.837. The lowest BCUT2D eigenvalue weighted by molar-refractivity contribution is -0.124. The molecular weight excluding hydrogens is 333 g/mol. The van der Waals surface area contributed by atoms with Crippen molar-refractivity contribution in [2.24, 2.45) is 0 Å². The van der Waals surface area contributed by atoms with Crippen molar-refractivity contribution in [1.82, 2.24) is 4.90 Å². The van der Waals surface area contributed by atoms with E-state index in [0.717, 1.165) is 12.1 Å². The van der Waals surface area contributed by atoms with Crippen LogP contribution in [0, 0.1) is 17.5 Å². The first-order valence-corrected chi connectivity index (χ1v) is 7.71. The van der Waals surface area contributed by atoms with Crippen LogP contribution in [0.25, 0.3) is 0 Å². The fraction of sp³-hybridized carbons (Fsp3) is 0.222. The minimum absolute atomic E-state index is 0.0314. The van der Waals surface area contributed by atoms with Crippen LogP contribution in [-0.2, 0) is 4.79 Å². The van der Waals surface area contributed by atoms with Crippen molar-refractivity contribution in [1.29, 1.82) is 0 Å². The lowest BCUT2D eigenvalue weighted by Crippen LogP contribution is -2.58. The molecule has 7 heteroatoms. The molecule has 1 aliphatic rings. The van der Waals surface area contributed by atoms with Gasteiger partial charge in [-0.2, -0.15) is 0 Å². The third kappa shape index (κ3) is 3.22. The molecule has 1 saturated heterocycles. The number of halogens is 3. The van der Waals surface area contributed by atoms with Crippen LogP contribution < -0.4 is 4.90 Å². The van der Waals surface area contributed by atoms with Crippen LogP contribution in [0.5, 0.6) is 0 Å². The summed E-state index contributed by atoms with van der Waals surface area (Å²) in [6, 6.07) is 7.33. The molecule has 25 heavy (non-hydrogen) atoms. The molecule has 2 aromatic carbocycles. The molecule has 1 fully saturated rings. The Morgan fingerprint density at radius 2 is 1.76 bits per heavy atom. The van der Waals surface area contributed by atoms with Crippen molar-refractivity contribution in [3.8, 4) is 0 Å². The maximum Gasteiger partial charge on any atom is 0.254 e. The first-order valence-electron chi connectivity index (χ1n) is 7.71. The monoisotopic (exact) mass is 348 g/mol. The molecule has 0 aliphatic carbocycles. The molecule has 130 valence electrons. The van der Waals surface area contributed by atoms with E-state index in [1.165, 1.54) is 41.0 Å². The summed E-state index contributed by atoms with van der Waals surface area (Å²) < 4.78 is 40.3. The van der Waals surface area contributed by atoms with E-state index in [1.54, 1.807) is 0 Å². The van der Waals surface area contributed by atoms with Gasteiger partial charge in [0.05, 0.1) is 5.69 Å². The maximum atomic E-state index is 13.9. The van der Waals surface area contributed by atoms with E-state index in [0.29, 0.717) is 6.07 Å². The van der Waals surface area contributed by atoms with Gasteiger partial charge in [0.1, 0.15) is 23.5 Å². The number of carbonyl (C=O) groups is 2. The Bertz CT molecular complexity index is 841.